The van der Waals surface area contributed by atoms with Crippen molar-refractivity contribution in [1.82, 2.24) is 10.2 Å². The first-order chi connectivity index (χ1) is 9.89. The minimum atomic E-state index is -0.706. The van der Waals surface area contributed by atoms with Crippen molar-refractivity contribution in [3.8, 4) is 0 Å². The number of Topliss-reactive ketones (excluding diaryl/α,β-unsaturated/α-hetero) is 1. The lowest BCUT2D eigenvalue weighted by Gasteiger charge is -2.28. The van der Waals surface area contributed by atoms with E-state index in [1.165, 1.54) is 4.90 Å². The molecule has 0 aliphatic carbocycles. The summed E-state index contributed by atoms with van der Waals surface area (Å²) < 4.78 is 10.4. The van der Waals surface area contributed by atoms with Gasteiger partial charge in [0.15, 0.2) is 5.78 Å². The zero-order chi connectivity index (χ0) is 17.1. The monoisotopic (exact) mass is 314 g/mol. The number of nitrogens with zero attached hydrogens (tertiary/aromatic N) is 1. The van der Waals surface area contributed by atoms with Crippen molar-refractivity contribution in [2.24, 2.45) is 0 Å². The van der Waals surface area contributed by atoms with Gasteiger partial charge in [0.25, 0.3) is 0 Å². The van der Waals surface area contributed by atoms with Crippen LogP contribution in [0.1, 0.15) is 48.0 Å². The quantitative estimate of drug-likeness (QED) is 0.843. The molecule has 1 fully saturated rings. The van der Waals surface area contributed by atoms with E-state index >= 15 is 0 Å². The number of hydrogen-bond acceptors (Lipinski definition) is 5. The molecule has 0 aromatic carbocycles. The fourth-order valence-electron chi connectivity index (χ4n) is 1.98. The van der Waals surface area contributed by atoms with Crippen molar-refractivity contribution < 1.29 is 23.9 Å². The highest BCUT2D eigenvalue weighted by Gasteiger charge is 2.38. The summed E-state index contributed by atoms with van der Waals surface area (Å²) in [7, 11) is 0. The van der Waals surface area contributed by atoms with Crippen LogP contribution in [0.15, 0.2) is 0 Å². The Morgan fingerprint density at radius 3 is 2.18 bits per heavy atom. The molecule has 22 heavy (non-hydrogen) atoms. The molecule has 1 aliphatic rings. The van der Waals surface area contributed by atoms with Crippen LogP contribution in [-0.4, -0.2) is 53.2 Å². The highest BCUT2D eigenvalue weighted by atomic mass is 16.6. The van der Waals surface area contributed by atoms with Gasteiger partial charge in [-0.15, -0.1) is 0 Å². The Morgan fingerprint density at radius 1 is 1.14 bits per heavy atom. The van der Waals surface area contributed by atoms with Crippen LogP contribution in [0.2, 0.25) is 0 Å². The Morgan fingerprint density at radius 2 is 1.68 bits per heavy atom. The van der Waals surface area contributed by atoms with Gasteiger partial charge >= 0.3 is 12.2 Å². The smallest absolute Gasteiger partial charge is 0.410 e. The lowest BCUT2D eigenvalue weighted by atomic mass is 10.2. The molecule has 0 aromatic rings. The number of nitrogens with one attached hydrogen (secondary N) is 1. The third kappa shape index (κ3) is 5.91. The molecular weight excluding hydrogens is 288 g/mol. The number of alkyl carbamates (subject to hydrolysis) is 1. The number of ether oxygens (including phenoxy) is 2. The van der Waals surface area contributed by atoms with Crippen LogP contribution in [0.4, 0.5) is 9.59 Å². The Bertz CT molecular complexity index is 448. The van der Waals surface area contributed by atoms with Gasteiger partial charge in [-0.3, -0.25) is 9.69 Å². The van der Waals surface area contributed by atoms with Gasteiger partial charge in [-0.25, -0.2) is 9.59 Å². The highest BCUT2D eigenvalue weighted by molar-refractivity contribution is 5.91. The lowest BCUT2D eigenvalue weighted by molar-refractivity contribution is -0.119. The molecule has 1 heterocycles. The zero-order valence-corrected chi connectivity index (χ0v) is 14.2. The molecular formula is C15H26N2O5. The minimum Gasteiger partial charge on any atom is -0.444 e. The van der Waals surface area contributed by atoms with E-state index in [1.54, 1.807) is 41.5 Å². The number of hydrogen-bond donors (Lipinski definition) is 1. The highest BCUT2D eigenvalue weighted by Crippen LogP contribution is 2.18. The average Bonchev–Trinajstić information content (AvgIpc) is 2.63. The molecule has 1 saturated heterocycles. The summed E-state index contributed by atoms with van der Waals surface area (Å²) in [6.45, 7) is 10.9. The largest absolute Gasteiger partial charge is 0.444 e. The third-order valence-electron chi connectivity index (χ3n) is 2.81. The molecule has 0 radical (unpaired) electrons. The van der Waals surface area contributed by atoms with Crippen molar-refractivity contribution in [3.63, 3.8) is 0 Å². The zero-order valence-electron chi connectivity index (χ0n) is 14.2. The third-order valence-corrected chi connectivity index (χ3v) is 2.81. The molecule has 1 unspecified atom stereocenters. The average molecular weight is 314 g/mol. The standard InChI is InChI=1S/C15H26N2O5/c1-14(2,3)21-12(19)16-9-10-11(18)7-8-17(10)13(20)22-15(4,5)6/h10H,7-9H2,1-6H3,(H,16,19). The predicted octanol–water partition coefficient (Wildman–Crippen LogP) is 2.09. The lowest BCUT2D eigenvalue weighted by Crippen LogP contribution is -2.48. The van der Waals surface area contributed by atoms with Gasteiger partial charge in [0.2, 0.25) is 0 Å². The van der Waals surface area contributed by atoms with E-state index in [-0.39, 0.29) is 18.7 Å². The molecule has 1 N–H and O–H groups in total. The van der Waals surface area contributed by atoms with Crippen LogP contribution >= 0.6 is 0 Å². The number of likely N-dealkylation sites (tertiary alicyclic amines) is 1. The Kier molecular flexibility index (Phi) is 5.43. The first-order valence-electron chi connectivity index (χ1n) is 7.38. The molecule has 7 heteroatoms. The number of carbonyl (C=O) groups is 3. The van der Waals surface area contributed by atoms with Crippen molar-refractivity contribution in [1.29, 1.82) is 0 Å². The van der Waals surface area contributed by atoms with Gasteiger partial charge in [-0.1, -0.05) is 0 Å². The first kappa shape index (κ1) is 18.3. The second-order valence-electron chi connectivity index (χ2n) is 7.29. The molecule has 1 rings (SSSR count). The van der Waals surface area contributed by atoms with E-state index in [9.17, 15) is 14.4 Å². The summed E-state index contributed by atoms with van der Waals surface area (Å²) in [5.74, 6) is -0.0954. The topological polar surface area (TPSA) is 84.9 Å². The summed E-state index contributed by atoms with van der Waals surface area (Å²) >= 11 is 0. The van der Waals surface area contributed by atoms with Crippen molar-refractivity contribution >= 4 is 18.0 Å². The Labute approximate surface area is 131 Å². The molecule has 2 amide bonds. The minimum absolute atomic E-state index is 0.0208. The van der Waals surface area contributed by atoms with Gasteiger partial charge in [0.05, 0.1) is 0 Å². The van der Waals surface area contributed by atoms with Crippen LogP contribution in [0, 0.1) is 0 Å². The summed E-state index contributed by atoms with van der Waals surface area (Å²) in [4.78, 5) is 37.0. The number of rotatable bonds is 2. The van der Waals surface area contributed by atoms with Crippen LogP contribution in [-0.2, 0) is 14.3 Å². The van der Waals surface area contributed by atoms with Crippen molar-refractivity contribution in [2.75, 3.05) is 13.1 Å². The maximum absolute atomic E-state index is 12.1. The molecule has 1 aliphatic heterocycles. The van der Waals surface area contributed by atoms with Gasteiger partial charge in [0, 0.05) is 19.5 Å². The Hall–Kier alpha value is -1.79. The van der Waals surface area contributed by atoms with Crippen LogP contribution in [0.25, 0.3) is 0 Å². The van der Waals surface area contributed by atoms with E-state index in [4.69, 9.17) is 9.47 Å². The van der Waals surface area contributed by atoms with Crippen LogP contribution in [0.3, 0.4) is 0 Å². The molecule has 7 nitrogen and oxygen atoms in total. The number of ketones is 1. The Balaban J connectivity index is 2.61. The molecule has 0 saturated carbocycles. The maximum Gasteiger partial charge on any atom is 0.410 e. The van der Waals surface area contributed by atoms with Gasteiger partial charge in [-0.05, 0) is 41.5 Å². The van der Waals surface area contributed by atoms with E-state index in [0.29, 0.717) is 6.54 Å². The fourth-order valence-corrected chi connectivity index (χ4v) is 1.98. The van der Waals surface area contributed by atoms with Crippen LogP contribution in [0.5, 0.6) is 0 Å². The van der Waals surface area contributed by atoms with Crippen molar-refractivity contribution in [2.45, 2.75) is 65.2 Å². The maximum atomic E-state index is 12.1. The first-order valence-corrected chi connectivity index (χ1v) is 7.38. The number of amides is 2. The molecule has 126 valence electrons. The fraction of sp³-hybridized carbons (Fsp3) is 0.800. The normalized spacial score (nSPS) is 19.1. The van der Waals surface area contributed by atoms with Gasteiger partial charge < -0.3 is 14.8 Å². The summed E-state index contributed by atoms with van der Waals surface area (Å²) in [5, 5.41) is 2.53. The second-order valence-corrected chi connectivity index (χ2v) is 7.29. The van der Waals surface area contributed by atoms with E-state index in [2.05, 4.69) is 5.32 Å². The molecule has 0 bridgehead atoms. The molecule has 0 spiro atoms. The summed E-state index contributed by atoms with van der Waals surface area (Å²) in [6.07, 6.45) is -0.898. The molecule has 1 atom stereocenters. The van der Waals surface area contributed by atoms with Crippen molar-refractivity contribution in [3.05, 3.63) is 0 Å². The summed E-state index contributed by atoms with van der Waals surface area (Å²) in [5.41, 5.74) is -1.25. The SMILES string of the molecule is CC(C)(C)OC(=O)NCC1C(=O)CCN1C(=O)OC(C)(C)C. The predicted molar refractivity (Wildman–Crippen MR) is 80.6 cm³/mol. The second kappa shape index (κ2) is 6.54. The summed E-state index contributed by atoms with van der Waals surface area (Å²) in [6, 6.07) is -0.706. The molecule has 0 aromatic heterocycles. The van der Waals surface area contributed by atoms with E-state index < -0.39 is 29.4 Å². The van der Waals surface area contributed by atoms with E-state index in [0.717, 1.165) is 0 Å². The van der Waals surface area contributed by atoms with Gasteiger partial charge in [0.1, 0.15) is 17.2 Å². The van der Waals surface area contributed by atoms with E-state index in [1.807, 2.05) is 0 Å². The van der Waals surface area contributed by atoms with Crippen LogP contribution < -0.4 is 5.32 Å². The number of carbonyl (C=O) groups excluding carboxylic acids is 3. The van der Waals surface area contributed by atoms with Gasteiger partial charge in [-0.2, -0.15) is 0 Å².